The monoisotopic (exact) mass is 484 g/mol. The molecular weight excluding hydrogens is 436 g/mol. The smallest absolute Gasteiger partial charge is 0.302 e. The Morgan fingerprint density at radius 3 is 2.63 bits per heavy atom. The number of nitrogens with zero attached hydrogens (tertiary/aromatic N) is 1. The molecule has 1 spiro atoms. The van der Waals surface area contributed by atoms with Crippen molar-refractivity contribution in [3.05, 3.63) is 11.8 Å². The van der Waals surface area contributed by atoms with Crippen LogP contribution >= 0.6 is 0 Å². The molecule has 196 valence electrons. The highest BCUT2D eigenvalue weighted by Gasteiger charge is 2.69. The van der Waals surface area contributed by atoms with Crippen molar-refractivity contribution >= 4 is 12.0 Å². The van der Waals surface area contributed by atoms with Gasteiger partial charge in [0.15, 0.2) is 5.60 Å². The summed E-state index contributed by atoms with van der Waals surface area (Å²) in [7, 11) is 0. The Labute approximate surface area is 212 Å². The Morgan fingerprint density at radius 1 is 1.14 bits per heavy atom. The summed E-state index contributed by atoms with van der Waals surface area (Å²) in [5.41, 5.74) is 7.08. The maximum Gasteiger partial charge on any atom is 0.302 e. The fraction of sp³-hybridized carbons (Fsp3) is 0.867. The van der Waals surface area contributed by atoms with E-state index in [9.17, 15) is 4.79 Å². The average molecular weight is 485 g/mol. The van der Waals surface area contributed by atoms with Gasteiger partial charge in [0.2, 0.25) is 0 Å². The van der Waals surface area contributed by atoms with Crippen molar-refractivity contribution in [2.75, 3.05) is 0 Å². The van der Waals surface area contributed by atoms with Gasteiger partial charge < -0.3 is 15.2 Å². The second kappa shape index (κ2) is 8.80. The van der Waals surface area contributed by atoms with Crippen molar-refractivity contribution in [3.63, 3.8) is 0 Å². The highest BCUT2D eigenvalue weighted by Crippen LogP contribution is 2.70. The summed E-state index contributed by atoms with van der Waals surface area (Å²) in [6.07, 6.45) is 14.2. The van der Waals surface area contributed by atoms with Crippen LogP contribution < -0.4 is 5.73 Å². The second-order valence-corrected chi connectivity index (χ2v) is 13.6. The Balaban J connectivity index is 1.43. The quantitative estimate of drug-likeness (QED) is 0.430. The molecule has 5 heteroatoms. The number of hydrogen-bond donors (Lipinski definition) is 1. The van der Waals surface area contributed by atoms with E-state index in [0.29, 0.717) is 29.6 Å². The molecule has 0 radical (unpaired) electrons. The first-order chi connectivity index (χ1) is 16.5. The zero-order chi connectivity index (χ0) is 25.2. The van der Waals surface area contributed by atoms with Gasteiger partial charge in [0, 0.05) is 18.8 Å². The van der Waals surface area contributed by atoms with Crippen molar-refractivity contribution in [1.82, 2.24) is 0 Å². The third-order valence-corrected chi connectivity index (χ3v) is 11.4. The molecule has 0 bridgehead atoms. The van der Waals surface area contributed by atoms with Gasteiger partial charge in [0.1, 0.15) is 6.10 Å². The summed E-state index contributed by atoms with van der Waals surface area (Å²) in [6, 6.07) is 0.287. The molecular formula is C30H48N2O3. The first kappa shape index (κ1) is 25.1. The lowest BCUT2D eigenvalue weighted by molar-refractivity contribution is -0.178. The lowest BCUT2D eigenvalue weighted by Gasteiger charge is -2.62. The molecule has 0 unspecified atom stereocenters. The van der Waals surface area contributed by atoms with Gasteiger partial charge >= 0.3 is 5.97 Å². The minimum absolute atomic E-state index is 0.0364. The van der Waals surface area contributed by atoms with Gasteiger partial charge in [-0.05, 0) is 79.4 Å². The standard InChI is InChI=1S/C30H48N2O3/c1-18(2)8-7-9-19(3)23-10-11-24-22-16-26-30(35-27(31)32-26)17-21(34-20(4)33)12-15-29(30,6)25(22)13-14-28(23,24)5/h16,18-19,21-25H,7-15,17H2,1-6H3,(H2,31,32)/t19-,21+,22+,23-,24+,25+,28-,29-,30+/m1/s1. The molecule has 4 aliphatic carbocycles. The second-order valence-electron chi connectivity index (χ2n) is 13.6. The van der Waals surface area contributed by atoms with E-state index in [1.54, 1.807) is 0 Å². The highest BCUT2D eigenvalue weighted by molar-refractivity contribution is 5.77. The van der Waals surface area contributed by atoms with Crippen LogP contribution in [-0.2, 0) is 14.3 Å². The van der Waals surface area contributed by atoms with E-state index < -0.39 is 5.60 Å². The molecule has 0 aromatic carbocycles. The minimum Gasteiger partial charge on any atom is -0.462 e. The molecule has 0 amide bonds. The zero-order valence-corrected chi connectivity index (χ0v) is 22.9. The molecule has 5 rings (SSSR count). The summed E-state index contributed by atoms with van der Waals surface area (Å²) in [6.45, 7) is 13.8. The van der Waals surface area contributed by atoms with E-state index in [2.05, 4.69) is 40.7 Å². The maximum atomic E-state index is 11.7. The van der Waals surface area contributed by atoms with Crippen LogP contribution in [0.4, 0.5) is 0 Å². The maximum absolute atomic E-state index is 11.7. The molecule has 0 saturated heterocycles. The van der Waals surface area contributed by atoms with Crippen LogP contribution in [-0.4, -0.2) is 23.7 Å². The van der Waals surface area contributed by atoms with E-state index in [0.717, 1.165) is 36.3 Å². The number of nitrogens with two attached hydrogens (primary N) is 1. The molecule has 2 N–H and O–H groups in total. The van der Waals surface area contributed by atoms with Crippen LogP contribution in [0.5, 0.6) is 0 Å². The van der Waals surface area contributed by atoms with Gasteiger partial charge in [-0.2, -0.15) is 4.99 Å². The number of fused-ring (bicyclic) bond motifs is 4. The molecule has 35 heavy (non-hydrogen) atoms. The highest BCUT2D eigenvalue weighted by atomic mass is 16.6. The number of allylic oxidation sites excluding steroid dienone is 1. The third-order valence-electron chi connectivity index (χ3n) is 11.4. The summed E-state index contributed by atoms with van der Waals surface area (Å²) >= 11 is 0. The van der Waals surface area contributed by atoms with Crippen molar-refractivity contribution in [1.29, 1.82) is 0 Å². The molecule has 5 nitrogen and oxygen atoms in total. The molecule has 1 heterocycles. The van der Waals surface area contributed by atoms with Gasteiger partial charge in [-0.25, -0.2) is 0 Å². The normalized spacial score (nSPS) is 44.8. The first-order valence-electron chi connectivity index (χ1n) is 14.4. The van der Waals surface area contributed by atoms with Crippen LogP contribution in [0.3, 0.4) is 0 Å². The Hall–Kier alpha value is -1.52. The number of ether oxygens (including phenoxy) is 2. The van der Waals surface area contributed by atoms with Crippen molar-refractivity contribution in [2.45, 2.75) is 117 Å². The molecule has 3 saturated carbocycles. The number of esters is 1. The third kappa shape index (κ3) is 3.85. The lowest BCUT2D eigenvalue weighted by Crippen LogP contribution is -2.63. The van der Waals surface area contributed by atoms with Gasteiger partial charge in [0.05, 0.1) is 5.70 Å². The van der Waals surface area contributed by atoms with Crippen molar-refractivity contribution in [3.8, 4) is 0 Å². The number of carbonyl (C=O) groups excluding carboxylic acids is 1. The van der Waals surface area contributed by atoms with E-state index >= 15 is 0 Å². The summed E-state index contributed by atoms with van der Waals surface area (Å²) in [5, 5.41) is 0. The van der Waals surface area contributed by atoms with Crippen molar-refractivity contribution < 1.29 is 14.3 Å². The van der Waals surface area contributed by atoms with Gasteiger partial charge in [0.25, 0.3) is 6.02 Å². The van der Waals surface area contributed by atoms with Gasteiger partial charge in [-0.1, -0.05) is 60.0 Å². The number of rotatable bonds is 6. The molecule has 0 aromatic heterocycles. The summed E-state index contributed by atoms with van der Waals surface area (Å²) in [5.74, 6) is 4.04. The fourth-order valence-corrected chi connectivity index (χ4v) is 9.71. The molecule has 9 atom stereocenters. The predicted molar refractivity (Wildman–Crippen MR) is 139 cm³/mol. The topological polar surface area (TPSA) is 73.9 Å². The number of carbonyl (C=O) groups is 1. The Bertz CT molecular complexity index is 911. The SMILES string of the molecule is CC(=O)O[C@H]1CC[C@]2(C)[C@H]3CC[C@]4(C)[C@@H]([C@H](C)CCCC(C)C)CC[C@H]4[C@@H]3C=C3N=C(N)O[C@@]32C1. The van der Waals surface area contributed by atoms with Crippen LogP contribution in [0, 0.1) is 46.3 Å². The van der Waals surface area contributed by atoms with Gasteiger partial charge in [-0.15, -0.1) is 0 Å². The number of amidine groups is 1. The fourth-order valence-electron chi connectivity index (χ4n) is 9.71. The molecule has 3 fully saturated rings. The average Bonchev–Trinajstić information content (AvgIpc) is 3.28. The van der Waals surface area contributed by atoms with Crippen LogP contribution in [0.25, 0.3) is 0 Å². The van der Waals surface area contributed by atoms with Gasteiger partial charge in [-0.3, -0.25) is 4.79 Å². The van der Waals surface area contributed by atoms with E-state index in [4.69, 9.17) is 20.2 Å². The van der Waals surface area contributed by atoms with E-state index in [1.807, 2.05) is 0 Å². The summed E-state index contributed by atoms with van der Waals surface area (Å²) < 4.78 is 12.1. The first-order valence-corrected chi connectivity index (χ1v) is 14.4. The largest absolute Gasteiger partial charge is 0.462 e. The Morgan fingerprint density at radius 2 is 1.91 bits per heavy atom. The number of hydrogen-bond acceptors (Lipinski definition) is 5. The summed E-state index contributed by atoms with van der Waals surface area (Å²) in [4.78, 5) is 16.5. The van der Waals surface area contributed by atoms with E-state index in [1.165, 1.54) is 51.9 Å². The van der Waals surface area contributed by atoms with E-state index in [-0.39, 0.29) is 23.5 Å². The molecule has 0 aromatic rings. The van der Waals surface area contributed by atoms with Crippen molar-refractivity contribution in [2.24, 2.45) is 57.1 Å². The molecule has 5 aliphatic rings. The van der Waals surface area contributed by atoms with Crippen LogP contribution in [0.1, 0.15) is 106 Å². The minimum atomic E-state index is -0.549. The Kier molecular flexibility index (Phi) is 6.32. The lowest BCUT2D eigenvalue weighted by atomic mass is 9.44. The molecule has 1 aliphatic heterocycles. The number of aliphatic imine (C=N–C) groups is 1. The predicted octanol–water partition coefficient (Wildman–Crippen LogP) is 6.61. The van der Waals surface area contributed by atoms with Crippen LogP contribution in [0.15, 0.2) is 16.8 Å². The zero-order valence-electron chi connectivity index (χ0n) is 22.9. The van der Waals surface area contributed by atoms with Crippen LogP contribution in [0.2, 0.25) is 0 Å².